The van der Waals surface area contributed by atoms with Crippen LogP contribution >= 0.6 is 0 Å². The summed E-state index contributed by atoms with van der Waals surface area (Å²) in [6.45, 7) is 2.40. The van der Waals surface area contributed by atoms with Crippen LogP contribution in [0.4, 0.5) is 0 Å². The first-order valence-corrected chi connectivity index (χ1v) is 9.63. The molecule has 0 aromatic heterocycles. The summed E-state index contributed by atoms with van der Waals surface area (Å²) in [5.74, 6) is 2.05. The Hall–Kier alpha value is -1.51. The Morgan fingerprint density at radius 2 is 2.04 bits per heavy atom. The highest BCUT2D eigenvalue weighted by atomic mass is 16.6. The van der Waals surface area contributed by atoms with Crippen molar-refractivity contribution in [2.24, 2.45) is 28.9 Å². The summed E-state index contributed by atoms with van der Waals surface area (Å²) in [5, 5.41) is 0. The van der Waals surface area contributed by atoms with Crippen molar-refractivity contribution in [3.63, 3.8) is 0 Å². The minimum Gasteiger partial charge on any atom is -0.451 e. The smallest absolute Gasteiger partial charge is 0.331 e. The van der Waals surface area contributed by atoms with Crippen LogP contribution in [0.5, 0.6) is 0 Å². The monoisotopic (exact) mass is 325 g/mol. The van der Waals surface area contributed by atoms with Gasteiger partial charge in [0.05, 0.1) is 0 Å². The van der Waals surface area contributed by atoms with E-state index in [0.717, 1.165) is 30.4 Å². The maximum atomic E-state index is 11.8. The summed E-state index contributed by atoms with van der Waals surface area (Å²) >= 11 is 0. The molecule has 5 rings (SSSR count). The molecular formula is C21H27NO2. The summed E-state index contributed by atoms with van der Waals surface area (Å²) in [6.07, 6.45) is 15.3. The second-order valence-electron chi connectivity index (χ2n) is 8.82. The minimum atomic E-state index is -0.314. The van der Waals surface area contributed by atoms with Crippen LogP contribution in [0, 0.1) is 23.2 Å². The van der Waals surface area contributed by atoms with Gasteiger partial charge in [0, 0.05) is 17.2 Å². The van der Waals surface area contributed by atoms with Gasteiger partial charge in [-0.3, -0.25) is 0 Å². The van der Waals surface area contributed by atoms with Crippen molar-refractivity contribution in [3.05, 3.63) is 35.1 Å². The van der Waals surface area contributed by atoms with Gasteiger partial charge in [0.15, 0.2) is 0 Å². The van der Waals surface area contributed by atoms with E-state index < -0.39 is 0 Å². The van der Waals surface area contributed by atoms with Gasteiger partial charge in [-0.05, 0) is 86.8 Å². The van der Waals surface area contributed by atoms with E-state index in [2.05, 4.69) is 19.1 Å². The van der Waals surface area contributed by atoms with Crippen LogP contribution in [-0.2, 0) is 9.53 Å². The predicted molar refractivity (Wildman–Crippen MR) is 92.8 cm³/mol. The van der Waals surface area contributed by atoms with Gasteiger partial charge in [-0.25, -0.2) is 4.79 Å². The van der Waals surface area contributed by atoms with Crippen molar-refractivity contribution >= 4 is 5.97 Å². The number of esters is 1. The van der Waals surface area contributed by atoms with Crippen LogP contribution in [0.2, 0.25) is 0 Å². The molecule has 5 aliphatic rings. The SMILES string of the molecule is C[C@]12CCC3C4=C(C=C(N)CC4)CCC3C1CC[C@@]21C=CC(=O)O1. The topological polar surface area (TPSA) is 52.3 Å². The lowest BCUT2D eigenvalue weighted by Crippen LogP contribution is -2.51. The van der Waals surface area contributed by atoms with E-state index in [-0.39, 0.29) is 17.0 Å². The van der Waals surface area contributed by atoms with Crippen LogP contribution in [0.1, 0.15) is 58.3 Å². The van der Waals surface area contributed by atoms with Crippen LogP contribution in [0.15, 0.2) is 35.1 Å². The molecule has 5 atom stereocenters. The van der Waals surface area contributed by atoms with E-state index >= 15 is 0 Å². The summed E-state index contributed by atoms with van der Waals surface area (Å²) in [5.41, 5.74) is 10.2. The van der Waals surface area contributed by atoms with Crippen molar-refractivity contribution in [3.8, 4) is 0 Å². The molecule has 0 aromatic rings. The van der Waals surface area contributed by atoms with Gasteiger partial charge >= 0.3 is 5.97 Å². The normalized spacial score (nSPS) is 46.5. The second kappa shape index (κ2) is 4.77. The maximum absolute atomic E-state index is 11.8. The predicted octanol–water partition coefficient (Wildman–Crippen LogP) is 4.01. The first kappa shape index (κ1) is 14.8. The van der Waals surface area contributed by atoms with Crippen LogP contribution in [0.25, 0.3) is 0 Å². The van der Waals surface area contributed by atoms with Gasteiger partial charge in [0.2, 0.25) is 0 Å². The number of fused-ring (bicyclic) bond motifs is 5. The average Bonchev–Trinajstić information content (AvgIpc) is 3.08. The molecule has 0 amide bonds. The fraction of sp³-hybridized carbons (Fsp3) is 0.667. The molecule has 1 aliphatic heterocycles. The Bertz CT molecular complexity index is 703. The van der Waals surface area contributed by atoms with E-state index in [0.29, 0.717) is 5.92 Å². The second-order valence-corrected chi connectivity index (χ2v) is 8.82. The Morgan fingerprint density at radius 1 is 1.17 bits per heavy atom. The average molecular weight is 325 g/mol. The minimum absolute atomic E-state index is 0.123. The lowest BCUT2D eigenvalue weighted by atomic mass is 9.52. The van der Waals surface area contributed by atoms with Crippen LogP contribution in [0.3, 0.4) is 0 Å². The fourth-order valence-corrected chi connectivity index (χ4v) is 6.85. The molecule has 3 nitrogen and oxygen atoms in total. The summed E-state index contributed by atoms with van der Waals surface area (Å²) in [7, 11) is 0. The molecule has 4 aliphatic carbocycles. The molecule has 3 unspecified atom stereocenters. The third-order valence-electron chi connectivity index (χ3n) is 8.04. The van der Waals surface area contributed by atoms with Gasteiger partial charge in [-0.15, -0.1) is 0 Å². The highest BCUT2D eigenvalue weighted by molar-refractivity contribution is 5.85. The molecule has 2 N–H and O–H groups in total. The van der Waals surface area contributed by atoms with E-state index in [9.17, 15) is 4.79 Å². The Morgan fingerprint density at radius 3 is 2.83 bits per heavy atom. The number of hydrogen-bond acceptors (Lipinski definition) is 3. The number of carbonyl (C=O) groups is 1. The zero-order chi connectivity index (χ0) is 16.5. The molecule has 2 fully saturated rings. The first-order chi connectivity index (χ1) is 11.5. The van der Waals surface area contributed by atoms with Gasteiger partial charge in [0.1, 0.15) is 5.60 Å². The van der Waals surface area contributed by atoms with Gasteiger partial charge in [0.25, 0.3) is 0 Å². The zero-order valence-corrected chi connectivity index (χ0v) is 14.5. The molecule has 0 bridgehead atoms. The number of nitrogens with two attached hydrogens (primary N) is 1. The largest absolute Gasteiger partial charge is 0.451 e. The molecule has 0 radical (unpaired) electrons. The van der Waals surface area contributed by atoms with Gasteiger partial charge in [-0.1, -0.05) is 12.5 Å². The van der Waals surface area contributed by atoms with Crippen molar-refractivity contribution in [2.75, 3.05) is 0 Å². The lowest BCUT2D eigenvalue weighted by molar-refractivity contribution is -0.159. The zero-order valence-electron chi connectivity index (χ0n) is 14.5. The molecular weight excluding hydrogens is 298 g/mol. The first-order valence-electron chi connectivity index (χ1n) is 9.63. The van der Waals surface area contributed by atoms with E-state index in [1.807, 2.05) is 0 Å². The number of ether oxygens (including phenoxy) is 1. The summed E-state index contributed by atoms with van der Waals surface area (Å²) in [4.78, 5) is 11.8. The molecule has 0 saturated heterocycles. The highest BCUT2D eigenvalue weighted by Gasteiger charge is 2.64. The molecule has 24 heavy (non-hydrogen) atoms. The molecule has 3 heteroatoms. The highest BCUT2D eigenvalue weighted by Crippen LogP contribution is 2.66. The maximum Gasteiger partial charge on any atom is 0.331 e. The quantitative estimate of drug-likeness (QED) is 0.685. The molecule has 1 spiro atoms. The standard InChI is InChI=1S/C21H27NO2/c1-20-9-6-16-15-5-3-14(22)12-13(15)2-4-17(16)18(20)7-10-21(20)11-8-19(23)24-21/h8,11-12,16-18H,2-7,9-10,22H2,1H3/t16?,17?,18?,20-,21+/m0/s1. The third kappa shape index (κ3) is 1.76. The number of rotatable bonds is 0. The van der Waals surface area contributed by atoms with Gasteiger partial charge < -0.3 is 10.5 Å². The molecule has 1 heterocycles. The van der Waals surface area contributed by atoms with E-state index in [1.54, 1.807) is 17.2 Å². The number of allylic oxidation sites excluding steroid dienone is 4. The van der Waals surface area contributed by atoms with E-state index in [1.165, 1.54) is 38.5 Å². The fourth-order valence-electron chi connectivity index (χ4n) is 6.85. The van der Waals surface area contributed by atoms with Crippen molar-refractivity contribution in [1.82, 2.24) is 0 Å². The van der Waals surface area contributed by atoms with Crippen LogP contribution in [-0.4, -0.2) is 11.6 Å². The number of carbonyl (C=O) groups excluding carboxylic acids is 1. The Labute approximate surface area is 144 Å². The molecule has 0 aromatic carbocycles. The van der Waals surface area contributed by atoms with Crippen LogP contribution < -0.4 is 5.73 Å². The van der Waals surface area contributed by atoms with E-state index in [4.69, 9.17) is 10.5 Å². The Balaban J connectivity index is 1.49. The molecule has 128 valence electrons. The molecule has 2 saturated carbocycles. The summed E-state index contributed by atoms with van der Waals surface area (Å²) < 4.78 is 5.89. The van der Waals surface area contributed by atoms with Crippen molar-refractivity contribution < 1.29 is 9.53 Å². The van der Waals surface area contributed by atoms with Gasteiger partial charge in [-0.2, -0.15) is 0 Å². The third-order valence-corrected chi connectivity index (χ3v) is 8.04. The number of hydrogen-bond donors (Lipinski definition) is 1. The van der Waals surface area contributed by atoms with Crippen molar-refractivity contribution in [1.29, 1.82) is 0 Å². The lowest BCUT2D eigenvalue weighted by Gasteiger charge is -2.53. The summed E-state index contributed by atoms with van der Waals surface area (Å²) in [6, 6.07) is 0. The van der Waals surface area contributed by atoms with Crippen molar-refractivity contribution in [2.45, 2.75) is 63.9 Å². The Kier molecular flexibility index (Phi) is 2.94.